The maximum atomic E-state index is 11.9. The number of ether oxygens (including phenoxy) is 1. The van der Waals surface area contributed by atoms with Crippen molar-refractivity contribution in [2.75, 3.05) is 6.61 Å². The first kappa shape index (κ1) is 22.4. The molecule has 0 aromatic heterocycles. The lowest BCUT2D eigenvalue weighted by atomic mass is 10.1. The van der Waals surface area contributed by atoms with E-state index in [1.165, 1.54) is 0 Å². The van der Waals surface area contributed by atoms with Gasteiger partial charge in [0.2, 0.25) is 0 Å². The van der Waals surface area contributed by atoms with E-state index in [1.54, 1.807) is 0 Å². The zero-order valence-corrected chi connectivity index (χ0v) is 17.8. The van der Waals surface area contributed by atoms with Crippen LogP contribution in [0.1, 0.15) is 74.1 Å². The van der Waals surface area contributed by atoms with Gasteiger partial charge < -0.3 is 14.5 Å². The van der Waals surface area contributed by atoms with Crippen LogP contribution in [0.5, 0.6) is 0 Å². The van der Waals surface area contributed by atoms with Crippen LogP contribution in [0.4, 0.5) is 4.79 Å². The van der Waals surface area contributed by atoms with Crippen molar-refractivity contribution < 1.29 is 14.0 Å². The Bertz CT molecular complexity index is 356. The van der Waals surface area contributed by atoms with Gasteiger partial charge in [-0.25, -0.2) is 4.79 Å². The lowest BCUT2D eigenvalue weighted by molar-refractivity contribution is 0.0497. The van der Waals surface area contributed by atoms with E-state index in [0.717, 1.165) is 32.3 Å². The number of nitrogens with one attached hydrogen (secondary N) is 1. The Labute approximate surface area is 144 Å². The summed E-state index contributed by atoms with van der Waals surface area (Å²) in [7, 11) is -1.67. The molecule has 0 aromatic carbocycles. The van der Waals surface area contributed by atoms with Gasteiger partial charge >= 0.3 is 6.09 Å². The summed E-state index contributed by atoms with van der Waals surface area (Å²) >= 11 is 0. The summed E-state index contributed by atoms with van der Waals surface area (Å²) in [6, 6.07) is 0.165. The van der Waals surface area contributed by atoms with Gasteiger partial charge in [-0.1, -0.05) is 34.1 Å². The standard InChI is InChI=1S/C18H39NO3Si/c1-10-12-15(19-16(20)22-17(2,3)4)13-11-14-21-23(8,9)18(5,6)7/h15H,10-14H2,1-9H3,(H,19,20)/t15-/m0/s1. The van der Waals surface area contributed by atoms with Gasteiger partial charge in [0.1, 0.15) is 5.60 Å². The van der Waals surface area contributed by atoms with Crippen LogP contribution in [0.25, 0.3) is 0 Å². The fourth-order valence-electron chi connectivity index (χ4n) is 1.98. The molecule has 23 heavy (non-hydrogen) atoms. The van der Waals surface area contributed by atoms with E-state index in [1.807, 2.05) is 20.8 Å². The molecule has 1 amide bonds. The van der Waals surface area contributed by atoms with E-state index >= 15 is 0 Å². The van der Waals surface area contributed by atoms with Gasteiger partial charge in [0.05, 0.1) is 0 Å². The molecule has 0 aliphatic rings. The van der Waals surface area contributed by atoms with Crippen LogP contribution in [0.2, 0.25) is 18.1 Å². The van der Waals surface area contributed by atoms with Crippen LogP contribution in [0, 0.1) is 0 Å². The second kappa shape index (κ2) is 9.07. The molecule has 0 unspecified atom stereocenters. The fraction of sp³-hybridized carbons (Fsp3) is 0.944. The van der Waals surface area contributed by atoms with Crippen molar-refractivity contribution in [3.05, 3.63) is 0 Å². The highest BCUT2D eigenvalue weighted by Crippen LogP contribution is 2.36. The summed E-state index contributed by atoms with van der Waals surface area (Å²) in [5, 5.41) is 3.24. The molecule has 0 bridgehead atoms. The molecule has 0 fully saturated rings. The van der Waals surface area contributed by atoms with E-state index in [0.29, 0.717) is 0 Å². The largest absolute Gasteiger partial charge is 0.444 e. The van der Waals surface area contributed by atoms with Gasteiger partial charge in [0.25, 0.3) is 0 Å². The molecule has 0 saturated heterocycles. The third-order valence-electron chi connectivity index (χ3n) is 4.32. The van der Waals surface area contributed by atoms with Gasteiger partial charge in [-0.2, -0.15) is 0 Å². The average Bonchev–Trinajstić information content (AvgIpc) is 2.30. The summed E-state index contributed by atoms with van der Waals surface area (Å²) in [5.74, 6) is 0. The maximum absolute atomic E-state index is 11.9. The molecule has 0 aromatic rings. The second-order valence-electron chi connectivity index (χ2n) is 8.88. The van der Waals surface area contributed by atoms with E-state index in [-0.39, 0.29) is 17.2 Å². The molecule has 5 heteroatoms. The van der Waals surface area contributed by atoms with Crippen LogP contribution in [0.3, 0.4) is 0 Å². The monoisotopic (exact) mass is 345 g/mol. The van der Waals surface area contributed by atoms with E-state index in [2.05, 4.69) is 46.1 Å². The highest BCUT2D eigenvalue weighted by Gasteiger charge is 2.36. The Morgan fingerprint density at radius 2 is 1.65 bits per heavy atom. The number of hydrogen-bond acceptors (Lipinski definition) is 3. The van der Waals surface area contributed by atoms with Crippen molar-refractivity contribution in [3.63, 3.8) is 0 Å². The average molecular weight is 346 g/mol. The minimum absolute atomic E-state index is 0.165. The summed E-state index contributed by atoms with van der Waals surface area (Å²) in [4.78, 5) is 11.9. The van der Waals surface area contributed by atoms with Crippen molar-refractivity contribution in [3.8, 4) is 0 Å². The first-order valence-corrected chi connectivity index (χ1v) is 11.8. The van der Waals surface area contributed by atoms with Crippen LogP contribution < -0.4 is 5.32 Å². The molecular formula is C18H39NO3Si. The zero-order chi connectivity index (χ0) is 18.3. The molecule has 1 N–H and O–H groups in total. The van der Waals surface area contributed by atoms with E-state index in [9.17, 15) is 4.79 Å². The first-order chi connectivity index (χ1) is 10.3. The van der Waals surface area contributed by atoms with Crippen LogP contribution in [-0.4, -0.2) is 32.7 Å². The normalized spacial score (nSPS) is 14.5. The van der Waals surface area contributed by atoms with Crippen molar-refractivity contribution in [2.24, 2.45) is 0 Å². The van der Waals surface area contributed by atoms with Gasteiger partial charge in [-0.05, 0) is 58.2 Å². The summed E-state index contributed by atoms with van der Waals surface area (Å²) in [6.45, 7) is 19.9. The van der Waals surface area contributed by atoms with Gasteiger partial charge in [0, 0.05) is 12.6 Å². The molecular weight excluding hydrogens is 306 g/mol. The Kier molecular flexibility index (Phi) is 8.85. The molecule has 1 atom stereocenters. The molecule has 0 heterocycles. The smallest absolute Gasteiger partial charge is 0.407 e. The quantitative estimate of drug-likeness (QED) is 0.468. The molecule has 138 valence electrons. The molecule has 0 rings (SSSR count). The second-order valence-corrected chi connectivity index (χ2v) is 13.7. The zero-order valence-electron chi connectivity index (χ0n) is 16.8. The van der Waals surface area contributed by atoms with Crippen molar-refractivity contribution >= 4 is 14.4 Å². The molecule has 0 aliphatic carbocycles. The minimum Gasteiger partial charge on any atom is -0.444 e. The number of carbonyl (C=O) groups is 1. The number of carbonyl (C=O) groups excluding carboxylic acids is 1. The van der Waals surface area contributed by atoms with Crippen LogP contribution in [0.15, 0.2) is 0 Å². The third-order valence-corrected chi connectivity index (χ3v) is 8.86. The molecule has 0 saturated carbocycles. The predicted octanol–water partition coefficient (Wildman–Crippen LogP) is 5.48. The number of hydrogen-bond donors (Lipinski definition) is 1. The van der Waals surface area contributed by atoms with Crippen LogP contribution >= 0.6 is 0 Å². The number of alkyl carbamates (subject to hydrolysis) is 1. The Hall–Kier alpha value is -0.553. The highest BCUT2D eigenvalue weighted by molar-refractivity contribution is 6.74. The molecule has 0 aliphatic heterocycles. The summed E-state index contributed by atoms with van der Waals surface area (Å²) in [6.07, 6.45) is 3.60. The first-order valence-electron chi connectivity index (χ1n) is 8.92. The van der Waals surface area contributed by atoms with Gasteiger partial charge in [-0.15, -0.1) is 0 Å². The minimum atomic E-state index is -1.67. The Balaban J connectivity index is 4.27. The highest BCUT2D eigenvalue weighted by atomic mass is 28.4. The molecule has 0 spiro atoms. The van der Waals surface area contributed by atoms with Crippen molar-refractivity contribution in [2.45, 2.75) is 104 Å². The maximum Gasteiger partial charge on any atom is 0.407 e. The number of rotatable bonds is 8. The molecule has 0 radical (unpaired) electrons. The summed E-state index contributed by atoms with van der Waals surface area (Å²) < 4.78 is 11.5. The van der Waals surface area contributed by atoms with Crippen LogP contribution in [-0.2, 0) is 9.16 Å². The van der Waals surface area contributed by atoms with E-state index in [4.69, 9.17) is 9.16 Å². The Morgan fingerprint density at radius 3 is 2.09 bits per heavy atom. The van der Waals surface area contributed by atoms with Crippen molar-refractivity contribution in [1.82, 2.24) is 5.32 Å². The van der Waals surface area contributed by atoms with Gasteiger partial charge in [0.15, 0.2) is 8.32 Å². The Morgan fingerprint density at radius 1 is 1.09 bits per heavy atom. The lowest BCUT2D eigenvalue weighted by Gasteiger charge is -2.36. The molecule has 4 nitrogen and oxygen atoms in total. The fourth-order valence-corrected chi connectivity index (χ4v) is 3.07. The lowest BCUT2D eigenvalue weighted by Crippen LogP contribution is -2.41. The van der Waals surface area contributed by atoms with Gasteiger partial charge in [-0.3, -0.25) is 0 Å². The topological polar surface area (TPSA) is 47.6 Å². The van der Waals surface area contributed by atoms with Crippen molar-refractivity contribution in [1.29, 1.82) is 0 Å². The van der Waals surface area contributed by atoms with E-state index < -0.39 is 13.9 Å². The summed E-state index contributed by atoms with van der Waals surface area (Å²) in [5.41, 5.74) is -0.452. The third kappa shape index (κ3) is 10.0. The number of amides is 1. The SMILES string of the molecule is CCC[C@@H](CCCO[Si](C)(C)C(C)(C)C)NC(=O)OC(C)(C)C. The predicted molar refractivity (Wildman–Crippen MR) is 100 cm³/mol.